The average molecular weight is 275 g/mol. The van der Waals surface area contributed by atoms with E-state index in [1.54, 1.807) is 37.2 Å². The molecule has 7 nitrogen and oxygen atoms in total. The third kappa shape index (κ3) is 3.49. The first-order valence-corrected chi connectivity index (χ1v) is 5.51. The molecule has 0 aliphatic rings. The Labute approximate surface area is 115 Å². The van der Waals surface area contributed by atoms with Gasteiger partial charge in [0.1, 0.15) is 0 Å². The number of carboxylic acid groups (broad SMARTS) is 2. The maximum atomic E-state index is 10.7. The van der Waals surface area contributed by atoms with Gasteiger partial charge in [-0.05, 0) is 18.2 Å². The minimum absolute atomic E-state index is 0.444. The van der Waals surface area contributed by atoms with Crippen LogP contribution >= 0.6 is 0 Å². The monoisotopic (exact) mass is 275 g/mol. The lowest BCUT2D eigenvalue weighted by Crippen LogP contribution is -2.14. The van der Waals surface area contributed by atoms with Crippen molar-refractivity contribution < 1.29 is 19.8 Å². The Morgan fingerprint density at radius 3 is 2.35 bits per heavy atom. The molecular formula is C13H13N3O4. The molecule has 0 fully saturated rings. The van der Waals surface area contributed by atoms with E-state index >= 15 is 0 Å². The molecule has 7 heteroatoms. The van der Waals surface area contributed by atoms with Crippen LogP contribution in [0.5, 0.6) is 0 Å². The van der Waals surface area contributed by atoms with Crippen LogP contribution in [0.1, 0.15) is 5.56 Å². The molecule has 1 aromatic carbocycles. The summed E-state index contributed by atoms with van der Waals surface area (Å²) >= 11 is 0. The molecule has 0 saturated carbocycles. The molecule has 104 valence electrons. The van der Waals surface area contributed by atoms with Crippen LogP contribution in [0.25, 0.3) is 0 Å². The van der Waals surface area contributed by atoms with Gasteiger partial charge in [-0.15, -0.1) is 0 Å². The first-order valence-electron chi connectivity index (χ1n) is 5.51. The van der Waals surface area contributed by atoms with E-state index in [1.165, 1.54) is 0 Å². The van der Waals surface area contributed by atoms with E-state index in [4.69, 9.17) is 15.5 Å². The number of hydrogen-bond acceptors (Lipinski definition) is 5. The summed E-state index contributed by atoms with van der Waals surface area (Å²) in [6.07, 6.45) is 0.902. The maximum Gasteiger partial charge on any atom is 0.344 e. The molecule has 0 aliphatic carbocycles. The molecule has 20 heavy (non-hydrogen) atoms. The van der Waals surface area contributed by atoms with Crippen LogP contribution in [-0.4, -0.2) is 36.2 Å². The molecule has 0 heterocycles. The zero-order valence-corrected chi connectivity index (χ0v) is 10.9. The van der Waals surface area contributed by atoms with E-state index in [1.807, 2.05) is 6.07 Å². The van der Waals surface area contributed by atoms with Gasteiger partial charge in [0.2, 0.25) is 0 Å². The van der Waals surface area contributed by atoms with Gasteiger partial charge in [0.15, 0.2) is 5.57 Å². The highest BCUT2D eigenvalue weighted by Crippen LogP contribution is 2.25. The van der Waals surface area contributed by atoms with Crippen molar-refractivity contribution >= 4 is 23.3 Å². The van der Waals surface area contributed by atoms with Gasteiger partial charge < -0.3 is 20.4 Å². The van der Waals surface area contributed by atoms with Gasteiger partial charge in [-0.2, -0.15) is 5.26 Å². The lowest BCUT2D eigenvalue weighted by molar-refractivity contribution is -0.140. The van der Waals surface area contributed by atoms with Crippen molar-refractivity contribution in [3.63, 3.8) is 0 Å². The molecular weight excluding hydrogens is 262 g/mol. The molecule has 1 rings (SSSR count). The van der Waals surface area contributed by atoms with Gasteiger partial charge in [0, 0.05) is 20.3 Å². The first-order chi connectivity index (χ1) is 9.36. The lowest BCUT2D eigenvalue weighted by atomic mass is 10.1. The Morgan fingerprint density at radius 1 is 1.30 bits per heavy atom. The Kier molecular flexibility index (Phi) is 4.70. The molecule has 0 saturated heterocycles. The number of benzene rings is 1. The summed E-state index contributed by atoms with van der Waals surface area (Å²) in [5, 5.41) is 29.0. The van der Waals surface area contributed by atoms with Crippen molar-refractivity contribution in [2.45, 2.75) is 0 Å². The van der Waals surface area contributed by atoms with E-state index in [9.17, 15) is 9.59 Å². The van der Waals surface area contributed by atoms with Crippen LogP contribution in [0.4, 0.5) is 11.4 Å². The summed E-state index contributed by atoms with van der Waals surface area (Å²) < 4.78 is 0. The maximum absolute atomic E-state index is 10.7. The summed E-state index contributed by atoms with van der Waals surface area (Å²) in [5.74, 6) is -3.07. The van der Waals surface area contributed by atoms with Gasteiger partial charge in [0.05, 0.1) is 23.0 Å². The zero-order chi connectivity index (χ0) is 15.3. The Morgan fingerprint density at radius 2 is 1.90 bits per heavy atom. The number of hydrogen-bond donors (Lipinski definition) is 3. The number of nitrogens with one attached hydrogen (secondary N) is 1. The summed E-state index contributed by atoms with van der Waals surface area (Å²) in [6.45, 7) is 0. The van der Waals surface area contributed by atoms with Gasteiger partial charge in [-0.3, -0.25) is 0 Å². The van der Waals surface area contributed by atoms with Crippen molar-refractivity contribution in [2.75, 3.05) is 24.3 Å². The Bertz CT molecular complexity index is 599. The van der Waals surface area contributed by atoms with E-state index in [2.05, 4.69) is 5.32 Å². The van der Waals surface area contributed by atoms with Crippen molar-refractivity contribution in [2.24, 2.45) is 0 Å². The minimum atomic E-state index is -1.54. The molecule has 0 bridgehead atoms. The molecule has 0 unspecified atom stereocenters. The largest absolute Gasteiger partial charge is 0.477 e. The first kappa shape index (κ1) is 15.0. The van der Waals surface area contributed by atoms with E-state index in [-0.39, 0.29) is 0 Å². The number of rotatable bonds is 5. The second kappa shape index (κ2) is 6.24. The fraction of sp³-hybridized carbons (Fsp3) is 0.154. The van der Waals surface area contributed by atoms with E-state index in [0.717, 1.165) is 6.20 Å². The second-order valence-corrected chi connectivity index (χ2v) is 4.05. The number of carboxylic acids is 2. The molecule has 1 aromatic rings. The summed E-state index contributed by atoms with van der Waals surface area (Å²) in [7, 11) is 3.50. The topological polar surface area (TPSA) is 114 Å². The average Bonchev–Trinajstić information content (AvgIpc) is 2.38. The number of anilines is 2. The fourth-order valence-corrected chi connectivity index (χ4v) is 1.46. The Hall–Kier alpha value is -3.01. The summed E-state index contributed by atoms with van der Waals surface area (Å²) in [6, 6.07) is 6.72. The van der Waals surface area contributed by atoms with Crippen LogP contribution in [0.15, 0.2) is 30.0 Å². The smallest absolute Gasteiger partial charge is 0.344 e. The molecule has 0 amide bonds. The van der Waals surface area contributed by atoms with Crippen LogP contribution < -0.4 is 10.2 Å². The molecule has 0 radical (unpaired) electrons. The Balaban J connectivity index is 3.15. The van der Waals surface area contributed by atoms with Crippen LogP contribution in [0.3, 0.4) is 0 Å². The fourth-order valence-electron chi connectivity index (χ4n) is 1.46. The van der Waals surface area contributed by atoms with Crippen molar-refractivity contribution in [1.82, 2.24) is 0 Å². The molecule has 0 aliphatic heterocycles. The van der Waals surface area contributed by atoms with E-state index < -0.39 is 17.5 Å². The predicted molar refractivity (Wildman–Crippen MR) is 72.5 cm³/mol. The van der Waals surface area contributed by atoms with Gasteiger partial charge >= 0.3 is 11.9 Å². The molecule has 0 spiro atoms. The van der Waals surface area contributed by atoms with Crippen LogP contribution in [0, 0.1) is 11.3 Å². The molecule has 0 atom stereocenters. The standard InChI is InChI=1S/C13H13N3O4/c1-16(2)11-5-8(6-14)3-4-10(11)15-7-9(12(17)18)13(19)20/h3-5,7,15H,1-2H3,(H,17,18)(H,19,20). The van der Waals surface area contributed by atoms with Crippen molar-refractivity contribution in [3.8, 4) is 6.07 Å². The second-order valence-electron chi connectivity index (χ2n) is 4.05. The lowest BCUT2D eigenvalue weighted by Gasteiger charge is -2.17. The van der Waals surface area contributed by atoms with Crippen LogP contribution in [0.2, 0.25) is 0 Å². The predicted octanol–water partition coefficient (Wildman–Crippen LogP) is 1.09. The number of carbonyl (C=O) groups is 2. The minimum Gasteiger partial charge on any atom is -0.477 e. The third-order valence-corrected chi connectivity index (χ3v) is 2.44. The normalized spacial score (nSPS) is 9.25. The van der Waals surface area contributed by atoms with Gasteiger partial charge in [-0.25, -0.2) is 9.59 Å². The zero-order valence-electron chi connectivity index (χ0n) is 10.9. The third-order valence-electron chi connectivity index (χ3n) is 2.44. The highest BCUT2D eigenvalue weighted by atomic mass is 16.4. The van der Waals surface area contributed by atoms with E-state index in [0.29, 0.717) is 16.9 Å². The van der Waals surface area contributed by atoms with Crippen molar-refractivity contribution in [1.29, 1.82) is 5.26 Å². The summed E-state index contributed by atoms with van der Waals surface area (Å²) in [5.41, 5.74) is 0.795. The number of aliphatic carboxylic acids is 2. The quantitative estimate of drug-likeness (QED) is 0.418. The molecule has 0 aromatic heterocycles. The number of nitriles is 1. The van der Waals surface area contributed by atoms with Gasteiger partial charge in [-0.1, -0.05) is 0 Å². The highest BCUT2D eigenvalue weighted by Gasteiger charge is 2.16. The van der Waals surface area contributed by atoms with Crippen LogP contribution in [-0.2, 0) is 9.59 Å². The highest BCUT2D eigenvalue weighted by molar-refractivity contribution is 6.12. The summed E-state index contributed by atoms with van der Waals surface area (Å²) in [4.78, 5) is 23.2. The molecule has 3 N–H and O–H groups in total. The van der Waals surface area contributed by atoms with Gasteiger partial charge in [0.25, 0.3) is 0 Å². The SMILES string of the molecule is CN(C)c1cc(C#N)ccc1NC=C(C(=O)O)C(=O)O. The number of nitrogens with zero attached hydrogens (tertiary/aromatic N) is 2. The van der Waals surface area contributed by atoms with Crippen molar-refractivity contribution in [3.05, 3.63) is 35.5 Å².